The van der Waals surface area contributed by atoms with Crippen molar-refractivity contribution in [2.24, 2.45) is 0 Å². The van der Waals surface area contributed by atoms with Crippen LogP contribution in [-0.2, 0) is 34.0 Å². The largest absolute Gasteiger partial charge is 0.461 e. The van der Waals surface area contributed by atoms with Gasteiger partial charge in [0, 0.05) is 24.7 Å². The van der Waals surface area contributed by atoms with Crippen LogP contribution in [0.4, 0.5) is 0 Å². The van der Waals surface area contributed by atoms with Gasteiger partial charge in [0.1, 0.15) is 12.2 Å². The molecule has 2 amide bonds. The van der Waals surface area contributed by atoms with Crippen LogP contribution in [-0.4, -0.2) is 58.4 Å². The highest BCUT2D eigenvalue weighted by Gasteiger charge is 2.31. The molecule has 2 fully saturated rings. The number of nitrogens with zero attached hydrogens (tertiary/aromatic N) is 2. The Bertz CT molecular complexity index is 1400. The van der Waals surface area contributed by atoms with Gasteiger partial charge in [-0.05, 0) is 43.7 Å². The zero-order valence-corrected chi connectivity index (χ0v) is 26.1. The van der Waals surface area contributed by atoms with Crippen molar-refractivity contribution in [3.63, 3.8) is 0 Å². The van der Waals surface area contributed by atoms with Gasteiger partial charge in [-0.25, -0.2) is 9.48 Å². The Balaban J connectivity index is 1.25. The standard InChI is InChI=1S/C35H45N5O5/c1-2-44-35(43)30-21-31(34(42)38-29-19-11-12-20-32(29)45-24-26-15-7-4-8-16-26)40(39-30)23-33(41)37-28-18-10-9-17-27(28)36-22-25-13-5-3-6-14-25/h3-8,13-16,21,27-29,32,36H,2,9-12,17-20,22-24H2,1H3,(H,37,41)(H,38,42)/t27-,28?,29-,32-/m0/s1. The fraction of sp³-hybridized carbons (Fsp3) is 0.486. The second-order valence-electron chi connectivity index (χ2n) is 11.9. The number of ether oxygens (including phenoxy) is 2. The van der Waals surface area contributed by atoms with E-state index in [4.69, 9.17) is 9.47 Å². The fourth-order valence-electron chi connectivity index (χ4n) is 6.29. The lowest BCUT2D eigenvalue weighted by Gasteiger charge is -2.33. The van der Waals surface area contributed by atoms with Crippen molar-refractivity contribution >= 4 is 17.8 Å². The van der Waals surface area contributed by atoms with Crippen molar-refractivity contribution in [2.45, 2.75) is 102 Å². The molecule has 3 aromatic rings. The van der Waals surface area contributed by atoms with E-state index in [1.807, 2.05) is 48.5 Å². The molecule has 2 saturated carbocycles. The van der Waals surface area contributed by atoms with Gasteiger partial charge in [0.25, 0.3) is 5.91 Å². The van der Waals surface area contributed by atoms with E-state index < -0.39 is 11.9 Å². The van der Waals surface area contributed by atoms with Crippen molar-refractivity contribution in [3.8, 4) is 0 Å². The molecule has 0 radical (unpaired) electrons. The van der Waals surface area contributed by atoms with Gasteiger partial charge in [-0.3, -0.25) is 9.59 Å². The van der Waals surface area contributed by atoms with Gasteiger partial charge in [-0.2, -0.15) is 5.10 Å². The zero-order valence-electron chi connectivity index (χ0n) is 26.1. The molecule has 0 spiro atoms. The molecule has 2 aliphatic rings. The van der Waals surface area contributed by atoms with Gasteiger partial charge in [-0.15, -0.1) is 0 Å². The number of hydrogen-bond donors (Lipinski definition) is 3. The van der Waals surface area contributed by atoms with Crippen molar-refractivity contribution in [1.82, 2.24) is 25.7 Å². The third-order valence-electron chi connectivity index (χ3n) is 8.64. The van der Waals surface area contributed by atoms with E-state index in [0.29, 0.717) is 6.61 Å². The number of aromatic nitrogens is 2. The van der Waals surface area contributed by atoms with Gasteiger partial charge in [0.05, 0.1) is 25.4 Å². The van der Waals surface area contributed by atoms with Crippen LogP contribution in [0.3, 0.4) is 0 Å². The predicted molar refractivity (Wildman–Crippen MR) is 170 cm³/mol. The van der Waals surface area contributed by atoms with Gasteiger partial charge >= 0.3 is 5.97 Å². The second kappa shape index (κ2) is 16.3. The quantitative estimate of drug-likeness (QED) is 0.241. The van der Waals surface area contributed by atoms with Crippen LogP contribution in [0.1, 0.15) is 90.4 Å². The number of hydrogen-bond acceptors (Lipinski definition) is 7. The molecule has 10 heteroatoms. The van der Waals surface area contributed by atoms with E-state index in [1.165, 1.54) is 16.3 Å². The van der Waals surface area contributed by atoms with Crippen molar-refractivity contribution in [1.29, 1.82) is 0 Å². The number of carbonyl (C=O) groups is 3. The number of esters is 1. The minimum Gasteiger partial charge on any atom is -0.461 e. The lowest BCUT2D eigenvalue weighted by molar-refractivity contribution is -0.123. The molecule has 0 aliphatic heterocycles. The summed E-state index contributed by atoms with van der Waals surface area (Å²) in [7, 11) is 0. The number of nitrogens with one attached hydrogen (secondary N) is 3. The first-order chi connectivity index (χ1) is 22.0. The normalized spacial score (nSPS) is 21.5. The summed E-state index contributed by atoms with van der Waals surface area (Å²) in [5.41, 5.74) is 2.41. The summed E-state index contributed by atoms with van der Waals surface area (Å²) in [5.74, 6) is -1.29. The number of benzene rings is 2. The van der Waals surface area contributed by atoms with E-state index in [-0.39, 0.29) is 54.7 Å². The monoisotopic (exact) mass is 615 g/mol. The first kappa shape index (κ1) is 32.4. The van der Waals surface area contributed by atoms with E-state index in [1.54, 1.807) is 6.92 Å². The summed E-state index contributed by atoms with van der Waals surface area (Å²) in [6.07, 6.45) is 7.46. The molecule has 5 rings (SSSR count). The Morgan fingerprint density at radius 2 is 1.47 bits per heavy atom. The van der Waals surface area contributed by atoms with E-state index in [0.717, 1.165) is 63.5 Å². The molecule has 0 bridgehead atoms. The van der Waals surface area contributed by atoms with Gasteiger partial charge < -0.3 is 25.4 Å². The highest BCUT2D eigenvalue weighted by molar-refractivity contribution is 5.96. The highest BCUT2D eigenvalue weighted by Crippen LogP contribution is 2.23. The average Bonchev–Trinajstić information content (AvgIpc) is 3.49. The Morgan fingerprint density at radius 1 is 0.822 bits per heavy atom. The van der Waals surface area contributed by atoms with Crippen LogP contribution < -0.4 is 16.0 Å². The SMILES string of the molecule is CCOC(=O)c1cc(C(=O)N[C@H]2CCCC[C@@H]2OCc2ccccc2)n(CC(=O)NC2CCCC[C@@H]2NCc2ccccc2)n1. The van der Waals surface area contributed by atoms with Crippen LogP contribution in [0, 0.1) is 0 Å². The first-order valence-electron chi connectivity index (χ1n) is 16.3. The summed E-state index contributed by atoms with van der Waals surface area (Å²) >= 11 is 0. The Labute approximate surface area is 265 Å². The van der Waals surface area contributed by atoms with Crippen LogP contribution >= 0.6 is 0 Å². The molecule has 4 atom stereocenters. The van der Waals surface area contributed by atoms with Crippen molar-refractivity contribution < 1.29 is 23.9 Å². The third kappa shape index (κ3) is 9.25. The molecular weight excluding hydrogens is 570 g/mol. The summed E-state index contributed by atoms with van der Waals surface area (Å²) in [4.78, 5) is 39.6. The van der Waals surface area contributed by atoms with Crippen LogP contribution in [0.5, 0.6) is 0 Å². The number of carbonyl (C=O) groups excluding carboxylic acids is 3. The summed E-state index contributed by atoms with van der Waals surface area (Å²) in [6, 6.07) is 21.5. The van der Waals surface area contributed by atoms with Crippen LogP contribution in [0.15, 0.2) is 66.7 Å². The highest BCUT2D eigenvalue weighted by atomic mass is 16.5. The topological polar surface area (TPSA) is 124 Å². The molecule has 45 heavy (non-hydrogen) atoms. The second-order valence-corrected chi connectivity index (χ2v) is 11.9. The molecule has 1 heterocycles. The molecule has 2 aliphatic carbocycles. The van der Waals surface area contributed by atoms with E-state index in [2.05, 4.69) is 33.2 Å². The van der Waals surface area contributed by atoms with Crippen molar-refractivity contribution in [2.75, 3.05) is 6.61 Å². The third-order valence-corrected chi connectivity index (χ3v) is 8.64. The molecule has 240 valence electrons. The van der Waals surface area contributed by atoms with Crippen molar-refractivity contribution in [3.05, 3.63) is 89.2 Å². The van der Waals surface area contributed by atoms with Crippen LogP contribution in [0.2, 0.25) is 0 Å². The maximum atomic E-state index is 13.7. The Morgan fingerprint density at radius 3 is 2.18 bits per heavy atom. The van der Waals surface area contributed by atoms with Gasteiger partial charge in [0.2, 0.25) is 5.91 Å². The molecular formula is C35H45N5O5. The minimum absolute atomic E-state index is 0.00427. The molecule has 0 saturated heterocycles. The Hall–Kier alpha value is -4.02. The maximum absolute atomic E-state index is 13.7. The van der Waals surface area contributed by atoms with E-state index >= 15 is 0 Å². The summed E-state index contributed by atoms with van der Waals surface area (Å²) in [5, 5.41) is 14.3. The summed E-state index contributed by atoms with van der Waals surface area (Å²) < 4.78 is 12.7. The minimum atomic E-state index is -0.634. The lowest BCUT2D eigenvalue weighted by atomic mass is 9.90. The number of rotatable bonds is 13. The molecule has 2 aromatic carbocycles. The smallest absolute Gasteiger partial charge is 0.358 e. The lowest BCUT2D eigenvalue weighted by Crippen LogP contribution is -2.52. The first-order valence-corrected chi connectivity index (χ1v) is 16.3. The van der Waals surface area contributed by atoms with Gasteiger partial charge in [0.15, 0.2) is 5.69 Å². The predicted octanol–water partition coefficient (Wildman–Crippen LogP) is 4.53. The summed E-state index contributed by atoms with van der Waals surface area (Å²) in [6.45, 7) is 2.88. The molecule has 10 nitrogen and oxygen atoms in total. The number of amides is 2. The molecule has 3 N–H and O–H groups in total. The Kier molecular flexibility index (Phi) is 11.8. The average molecular weight is 616 g/mol. The molecule has 1 aromatic heterocycles. The maximum Gasteiger partial charge on any atom is 0.358 e. The van der Waals surface area contributed by atoms with E-state index in [9.17, 15) is 14.4 Å². The fourth-order valence-corrected chi connectivity index (χ4v) is 6.29. The zero-order chi connectivity index (χ0) is 31.4. The van der Waals surface area contributed by atoms with Crippen LogP contribution in [0.25, 0.3) is 0 Å². The van der Waals surface area contributed by atoms with Gasteiger partial charge in [-0.1, -0.05) is 86.3 Å². The molecule has 1 unspecified atom stereocenters.